The van der Waals surface area contributed by atoms with Crippen LogP contribution in [0.2, 0.25) is 0 Å². The molecule has 1 amide bonds. The van der Waals surface area contributed by atoms with Gasteiger partial charge in [0.15, 0.2) is 0 Å². The lowest BCUT2D eigenvalue weighted by Crippen LogP contribution is -2.41. The van der Waals surface area contributed by atoms with E-state index in [2.05, 4.69) is 15.2 Å². The fraction of sp³-hybridized carbons (Fsp3) is 0.364. The topological polar surface area (TPSA) is 63.7 Å². The van der Waals surface area contributed by atoms with Crippen molar-refractivity contribution in [1.82, 2.24) is 15.2 Å². The third kappa shape index (κ3) is 5.05. The Balaban J connectivity index is 1.22. The lowest BCUT2D eigenvalue weighted by Gasteiger charge is -2.30. The molecule has 0 radical (unpaired) electrons. The fourth-order valence-corrected chi connectivity index (χ4v) is 4.35. The lowest BCUT2D eigenvalue weighted by molar-refractivity contribution is -0.125. The third-order valence-corrected chi connectivity index (χ3v) is 6.10. The van der Waals surface area contributed by atoms with Gasteiger partial charge in [-0.15, -0.1) is 0 Å². The van der Waals surface area contributed by atoms with Crippen LogP contribution in [0.5, 0.6) is 16.7 Å². The van der Waals surface area contributed by atoms with Crippen molar-refractivity contribution in [1.29, 1.82) is 0 Å². The van der Waals surface area contributed by atoms with Gasteiger partial charge in [-0.05, 0) is 62.3 Å². The summed E-state index contributed by atoms with van der Waals surface area (Å²) in [5.74, 6) is 1.88. The molecule has 1 aliphatic heterocycles. The molecule has 2 heterocycles. The highest BCUT2D eigenvalue weighted by molar-refractivity contribution is 7.20. The van der Waals surface area contributed by atoms with Crippen LogP contribution in [0, 0.1) is 5.92 Å². The predicted octanol–water partition coefficient (Wildman–Crippen LogP) is 3.93. The first kappa shape index (κ1) is 19.7. The maximum Gasteiger partial charge on any atom is 0.279 e. The number of nitrogens with zero attached hydrogens (tertiary/aromatic N) is 2. The van der Waals surface area contributed by atoms with Gasteiger partial charge in [0, 0.05) is 19.5 Å². The molecule has 2 aromatic carbocycles. The van der Waals surface area contributed by atoms with E-state index in [1.54, 1.807) is 7.05 Å². The molecule has 0 unspecified atom stereocenters. The first-order valence-corrected chi connectivity index (χ1v) is 10.7. The molecule has 1 aromatic heterocycles. The average molecular weight is 412 g/mol. The summed E-state index contributed by atoms with van der Waals surface area (Å²) in [6, 6.07) is 15.6. The largest absolute Gasteiger partial charge is 0.492 e. The predicted molar refractivity (Wildman–Crippen MR) is 115 cm³/mol. The zero-order chi connectivity index (χ0) is 20.1. The minimum atomic E-state index is 0.153. The van der Waals surface area contributed by atoms with Gasteiger partial charge in [-0.25, -0.2) is 4.98 Å². The van der Waals surface area contributed by atoms with Crippen molar-refractivity contribution in [2.24, 2.45) is 5.92 Å². The summed E-state index contributed by atoms with van der Waals surface area (Å²) in [5, 5.41) is 3.38. The standard InChI is InChI=1S/C22H25N3O3S/c1-23-21(26)16-10-12-25(13-11-16)14-15-27-17-6-8-18(9-7-17)28-22-24-19-4-2-3-5-20(19)29-22/h2-9,16H,10-15H2,1H3,(H,23,26). The number of carbonyl (C=O) groups is 1. The summed E-state index contributed by atoms with van der Waals surface area (Å²) in [5.41, 5.74) is 0.951. The number of hydrogen-bond acceptors (Lipinski definition) is 6. The Kier molecular flexibility index (Phi) is 6.27. The molecule has 6 nitrogen and oxygen atoms in total. The molecular formula is C22H25N3O3S. The minimum absolute atomic E-state index is 0.153. The summed E-state index contributed by atoms with van der Waals surface area (Å²) in [6.07, 6.45) is 1.83. The van der Waals surface area contributed by atoms with Crippen molar-refractivity contribution >= 4 is 27.5 Å². The number of amides is 1. The van der Waals surface area contributed by atoms with Crippen LogP contribution >= 0.6 is 11.3 Å². The molecule has 4 rings (SSSR count). The van der Waals surface area contributed by atoms with Gasteiger partial charge in [-0.1, -0.05) is 23.5 Å². The maximum atomic E-state index is 11.7. The van der Waals surface area contributed by atoms with Crippen LogP contribution in [-0.4, -0.2) is 49.1 Å². The second kappa shape index (κ2) is 9.24. The van der Waals surface area contributed by atoms with Crippen molar-refractivity contribution in [2.75, 3.05) is 33.3 Å². The Bertz CT molecular complexity index is 916. The van der Waals surface area contributed by atoms with Crippen molar-refractivity contribution in [2.45, 2.75) is 12.8 Å². The molecule has 1 N–H and O–H groups in total. The van der Waals surface area contributed by atoms with Crippen LogP contribution in [0.25, 0.3) is 10.2 Å². The first-order chi connectivity index (χ1) is 14.2. The number of aromatic nitrogens is 1. The minimum Gasteiger partial charge on any atom is -0.492 e. The monoisotopic (exact) mass is 411 g/mol. The zero-order valence-corrected chi connectivity index (χ0v) is 17.3. The number of rotatable bonds is 7. The second-order valence-corrected chi connectivity index (χ2v) is 8.09. The van der Waals surface area contributed by atoms with Crippen LogP contribution in [0.3, 0.4) is 0 Å². The van der Waals surface area contributed by atoms with Crippen LogP contribution in [-0.2, 0) is 4.79 Å². The highest BCUT2D eigenvalue weighted by atomic mass is 32.1. The summed E-state index contributed by atoms with van der Waals surface area (Å²) >= 11 is 1.53. The van der Waals surface area contributed by atoms with Gasteiger partial charge in [0.1, 0.15) is 18.1 Å². The number of nitrogens with one attached hydrogen (secondary N) is 1. The molecule has 0 saturated carbocycles. The molecule has 29 heavy (non-hydrogen) atoms. The molecule has 3 aromatic rings. The van der Waals surface area contributed by atoms with E-state index < -0.39 is 0 Å². The molecular weight excluding hydrogens is 386 g/mol. The van der Waals surface area contributed by atoms with Crippen molar-refractivity contribution < 1.29 is 14.3 Å². The third-order valence-electron chi connectivity index (χ3n) is 5.18. The number of fused-ring (bicyclic) bond motifs is 1. The number of carbonyl (C=O) groups excluding carboxylic acids is 1. The molecule has 0 spiro atoms. The SMILES string of the molecule is CNC(=O)C1CCN(CCOc2ccc(Oc3nc4ccccc4s3)cc2)CC1. The summed E-state index contributed by atoms with van der Waals surface area (Å²) in [7, 11) is 1.71. The molecule has 0 atom stereocenters. The number of benzene rings is 2. The number of ether oxygens (including phenoxy) is 2. The lowest BCUT2D eigenvalue weighted by atomic mass is 9.96. The van der Waals surface area contributed by atoms with Crippen LogP contribution < -0.4 is 14.8 Å². The molecule has 1 saturated heterocycles. The Morgan fingerprint density at radius 3 is 2.59 bits per heavy atom. The molecule has 152 valence electrons. The fourth-order valence-electron chi connectivity index (χ4n) is 3.51. The smallest absolute Gasteiger partial charge is 0.279 e. The Morgan fingerprint density at radius 1 is 1.14 bits per heavy atom. The van der Waals surface area contributed by atoms with Gasteiger partial charge in [-0.2, -0.15) is 0 Å². The number of piperidine rings is 1. The van der Waals surface area contributed by atoms with E-state index in [0.29, 0.717) is 11.8 Å². The highest BCUT2D eigenvalue weighted by Gasteiger charge is 2.23. The Hall–Kier alpha value is -2.64. The van der Waals surface area contributed by atoms with Crippen molar-refractivity contribution in [3.8, 4) is 16.7 Å². The highest BCUT2D eigenvalue weighted by Crippen LogP contribution is 2.31. The van der Waals surface area contributed by atoms with Gasteiger partial charge in [0.2, 0.25) is 5.91 Å². The van der Waals surface area contributed by atoms with Crippen molar-refractivity contribution in [3.05, 3.63) is 48.5 Å². The van der Waals surface area contributed by atoms with E-state index in [9.17, 15) is 4.79 Å². The van der Waals surface area contributed by atoms with E-state index >= 15 is 0 Å². The normalized spacial score (nSPS) is 15.3. The molecule has 1 fully saturated rings. The Labute approximate surface area is 174 Å². The molecule has 7 heteroatoms. The van der Waals surface area contributed by atoms with Crippen LogP contribution in [0.4, 0.5) is 0 Å². The summed E-state index contributed by atoms with van der Waals surface area (Å²) < 4.78 is 12.8. The second-order valence-electron chi connectivity index (χ2n) is 7.10. The quantitative estimate of drug-likeness (QED) is 0.638. The van der Waals surface area contributed by atoms with Gasteiger partial charge in [0.25, 0.3) is 5.19 Å². The summed E-state index contributed by atoms with van der Waals surface area (Å²) in [6.45, 7) is 3.37. The number of para-hydroxylation sites is 1. The number of hydrogen-bond donors (Lipinski definition) is 1. The van der Waals surface area contributed by atoms with E-state index in [-0.39, 0.29) is 11.8 Å². The average Bonchev–Trinajstić information content (AvgIpc) is 3.17. The molecule has 0 bridgehead atoms. The maximum absolute atomic E-state index is 11.7. The number of likely N-dealkylation sites (tertiary alicyclic amines) is 1. The van der Waals surface area contributed by atoms with E-state index in [4.69, 9.17) is 9.47 Å². The van der Waals surface area contributed by atoms with E-state index in [1.165, 1.54) is 11.3 Å². The number of thiazole rings is 1. The Morgan fingerprint density at radius 2 is 1.86 bits per heavy atom. The summed E-state index contributed by atoms with van der Waals surface area (Å²) in [4.78, 5) is 18.5. The first-order valence-electron chi connectivity index (χ1n) is 9.91. The van der Waals surface area contributed by atoms with Gasteiger partial charge >= 0.3 is 0 Å². The van der Waals surface area contributed by atoms with Gasteiger partial charge in [0.05, 0.1) is 10.2 Å². The molecule has 0 aliphatic carbocycles. The van der Waals surface area contributed by atoms with E-state index in [1.807, 2.05) is 48.5 Å². The van der Waals surface area contributed by atoms with Crippen LogP contribution in [0.15, 0.2) is 48.5 Å². The van der Waals surface area contributed by atoms with Crippen LogP contribution in [0.1, 0.15) is 12.8 Å². The van der Waals surface area contributed by atoms with E-state index in [0.717, 1.165) is 54.2 Å². The van der Waals surface area contributed by atoms with Gasteiger partial charge < -0.3 is 14.8 Å². The van der Waals surface area contributed by atoms with Crippen molar-refractivity contribution in [3.63, 3.8) is 0 Å². The van der Waals surface area contributed by atoms with Gasteiger partial charge in [-0.3, -0.25) is 9.69 Å². The zero-order valence-electron chi connectivity index (χ0n) is 16.5. The molecule has 1 aliphatic rings.